The fraction of sp³-hybridized carbons (Fsp3) is 0.857. The normalized spacial score (nSPS) is 10.2. The Morgan fingerprint density at radius 2 is 1.74 bits per heavy atom. The SMILES string of the molecule is CCCNC(=O)CCNCCCCCC(=O)OCC. The summed E-state index contributed by atoms with van der Waals surface area (Å²) in [6, 6.07) is 0. The molecule has 0 fully saturated rings. The fourth-order valence-electron chi connectivity index (χ4n) is 1.61. The van der Waals surface area contributed by atoms with Crippen molar-refractivity contribution in [2.24, 2.45) is 0 Å². The van der Waals surface area contributed by atoms with Crippen LogP contribution in [0, 0.1) is 0 Å². The van der Waals surface area contributed by atoms with Crippen molar-refractivity contribution in [2.45, 2.75) is 52.4 Å². The first kappa shape index (κ1) is 17.9. The van der Waals surface area contributed by atoms with Crippen LogP contribution in [0.2, 0.25) is 0 Å². The van der Waals surface area contributed by atoms with Gasteiger partial charge in [-0.1, -0.05) is 13.3 Å². The largest absolute Gasteiger partial charge is 0.466 e. The van der Waals surface area contributed by atoms with E-state index in [-0.39, 0.29) is 11.9 Å². The number of carbonyl (C=O) groups is 2. The van der Waals surface area contributed by atoms with Crippen LogP contribution in [0.3, 0.4) is 0 Å². The monoisotopic (exact) mass is 272 g/mol. The van der Waals surface area contributed by atoms with Gasteiger partial charge in [-0.2, -0.15) is 0 Å². The second-order valence-electron chi connectivity index (χ2n) is 4.47. The van der Waals surface area contributed by atoms with E-state index in [9.17, 15) is 9.59 Å². The highest BCUT2D eigenvalue weighted by molar-refractivity contribution is 5.75. The van der Waals surface area contributed by atoms with Crippen LogP contribution in [-0.4, -0.2) is 38.1 Å². The highest BCUT2D eigenvalue weighted by atomic mass is 16.5. The predicted octanol–water partition coefficient (Wildman–Crippen LogP) is 1.62. The quantitative estimate of drug-likeness (QED) is 0.418. The zero-order valence-corrected chi connectivity index (χ0v) is 12.3. The van der Waals surface area contributed by atoms with Crippen LogP contribution in [0.15, 0.2) is 0 Å². The maximum atomic E-state index is 11.3. The second kappa shape index (κ2) is 13.3. The molecule has 0 aromatic carbocycles. The lowest BCUT2D eigenvalue weighted by atomic mass is 10.2. The van der Waals surface area contributed by atoms with Crippen LogP contribution in [0.25, 0.3) is 0 Å². The van der Waals surface area contributed by atoms with E-state index in [2.05, 4.69) is 10.6 Å². The van der Waals surface area contributed by atoms with Crippen molar-refractivity contribution in [1.29, 1.82) is 0 Å². The molecule has 0 aromatic rings. The van der Waals surface area contributed by atoms with E-state index >= 15 is 0 Å². The van der Waals surface area contributed by atoms with E-state index in [1.165, 1.54) is 0 Å². The third-order valence-corrected chi connectivity index (χ3v) is 2.64. The number of amides is 1. The number of carbonyl (C=O) groups excluding carboxylic acids is 2. The molecule has 0 unspecified atom stereocenters. The molecule has 19 heavy (non-hydrogen) atoms. The number of unbranched alkanes of at least 4 members (excludes halogenated alkanes) is 2. The summed E-state index contributed by atoms with van der Waals surface area (Å²) in [5.41, 5.74) is 0. The van der Waals surface area contributed by atoms with Crippen LogP contribution in [-0.2, 0) is 14.3 Å². The lowest BCUT2D eigenvalue weighted by Gasteiger charge is -2.05. The van der Waals surface area contributed by atoms with E-state index in [0.29, 0.717) is 26.0 Å². The molecule has 0 atom stereocenters. The fourth-order valence-corrected chi connectivity index (χ4v) is 1.61. The number of ether oxygens (including phenoxy) is 1. The summed E-state index contributed by atoms with van der Waals surface area (Å²) in [4.78, 5) is 22.3. The van der Waals surface area contributed by atoms with Gasteiger partial charge in [0.05, 0.1) is 6.61 Å². The van der Waals surface area contributed by atoms with Crippen molar-refractivity contribution < 1.29 is 14.3 Å². The first-order valence-corrected chi connectivity index (χ1v) is 7.33. The van der Waals surface area contributed by atoms with Gasteiger partial charge in [-0.15, -0.1) is 0 Å². The van der Waals surface area contributed by atoms with Crippen molar-refractivity contribution >= 4 is 11.9 Å². The molecule has 0 bridgehead atoms. The average Bonchev–Trinajstić information content (AvgIpc) is 2.39. The highest BCUT2D eigenvalue weighted by Crippen LogP contribution is 2.00. The minimum absolute atomic E-state index is 0.108. The summed E-state index contributed by atoms with van der Waals surface area (Å²) in [5.74, 6) is -0.000263. The van der Waals surface area contributed by atoms with Crippen molar-refractivity contribution in [3.8, 4) is 0 Å². The van der Waals surface area contributed by atoms with E-state index in [0.717, 1.165) is 38.8 Å². The van der Waals surface area contributed by atoms with Gasteiger partial charge in [-0.3, -0.25) is 9.59 Å². The molecule has 0 spiro atoms. The molecular weight excluding hydrogens is 244 g/mol. The molecule has 5 nitrogen and oxygen atoms in total. The summed E-state index contributed by atoms with van der Waals surface area (Å²) < 4.78 is 4.85. The van der Waals surface area contributed by atoms with Gasteiger partial charge >= 0.3 is 5.97 Å². The minimum atomic E-state index is -0.108. The van der Waals surface area contributed by atoms with Crippen LogP contribution in [0.5, 0.6) is 0 Å². The molecule has 2 N–H and O–H groups in total. The number of hydrogen-bond acceptors (Lipinski definition) is 4. The Bertz CT molecular complexity index is 245. The first-order valence-electron chi connectivity index (χ1n) is 7.33. The zero-order valence-electron chi connectivity index (χ0n) is 12.3. The van der Waals surface area contributed by atoms with Gasteiger partial charge in [0.1, 0.15) is 0 Å². The third-order valence-electron chi connectivity index (χ3n) is 2.64. The molecule has 0 aromatic heterocycles. The van der Waals surface area contributed by atoms with Gasteiger partial charge in [0.15, 0.2) is 0 Å². The van der Waals surface area contributed by atoms with Crippen LogP contribution in [0.4, 0.5) is 0 Å². The zero-order chi connectivity index (χ0) is 14.3. The highest BCUT2D eigenvalue weighted by Gasteiger charge is 2.01. The summed E-state index contributed by atoms with van der Waals surface area (Å²) in [7, 11) is 0. The van der Waals surface area contributed by atoms with Crippen LogP contribution >= 0.6 is 0 Å². The van der Waals surface area contributed by atoms with E-state index in [4.69, 9.17) is 4.74 Å². The molecule has 5 heteroatoms. The van der Waals surface area contributed by atoms with E-state index < -0.39 is 0 Å². The molecule has 0 rings (SSSR count). The smallest absolute Gasteiger partial charge is 0.305 e. The Kier molecular flexibility index (Phi) is 12.6. The lowest BCUT2D eigenvalue weighted by molar-refractivity contribution is -0.143. The second-order valence-corrected chi connectivity index (χ2v) is 4.47. The third kappa shape index (κ3) is 13.1. The lowest BCUT2D eigenvalue weighted by Crippen LogP contribution is -2.28. The predicted molar refractivity (Wildman–Crippen MR) is 75.9 cm³/mol. The van der Waals surface area contributed by atoms with Crippen LogP contribution in [0.1, 0.15) is 52.4 Å². The van der Waals surface area contributed by atoms with Gasteiger partial charge in [0.25, 0.3) is 0 Å². The van der Waals surface area contributed by atoms with Crippen molar-refractivity contribution in [1.82, 2.24) is 10.6 Å². The maximum Gasteiger partial charge on any atom is 0.305 e. The Hall–Kier alpha value is -1.10. The first-order chi connectivity index (χ1) is 9.20. The summed E-state index contributed by atoms with van der Waals surface area (Å²) in [5, 5.41) is 6.07. The Morgan fingerprint density at radius 1 is 0.947 bits per heavy atom. The van der Waals surface area contributed by atoms with Crippen LogP contribution < -0.4 is 10.6 Å². The minimum Gasteiger partial charge on any atom is -0.466 e. The van der Waals surface area contributed by atoms with Gasteiger partial charge in [-0.05, 0) is 32.7 Å². The molecule has 0 saturated heterocycles. The standard InChI is InChI=1S/C14H28N2O3/c1-3-10-16-13(17)9-12-15-11-7-5-6-8-14(18)19-4-2/h15H,3-12H2,1-2H3,(H,16,17). The van der Waals surface area contributed by atoms with Crippen molar-refractivity contribution in [3.63, 3.8) is 0 Å². The van der Waals surface area contributed by atoms with Gasteiger partial charge in [0, 0.05) is 25.9 Å². The van der Waals surface area contributed by atoms with Gasteiger partial charge in [0.2, 0.25) is 5.91 Å². The van der Waals surface area contributed by atoms with E-state index in [1.807, 2.05) is 13.8 Å². The number of esters is 1. The Labute approximate surface area is 116 Å². The summed E-state index contributed by atoms with van der Waals surface area (Å²) >= 11 is 0. The maximum absolute atomic E-state index is 11.3. The molecule has 0 aliphatic heterocycles. The van der Waals surface area contributed by atoms with Crippen molar-refractivity contribution in [2.75, 3.05) is 26.2 Å². The Morgan fingerprint density at radius 3 is 2.42 bits per heavy atom. The molecule has 0 aliphatic carbocycles. The molecule has 112 valence electrons. The summed E-state index contributed by atoms with van der Waals surface area (Å²) in [6.45, 7) is 6.68. The molecule has 0 saturated carbocycles. The van der Waals surface area contributed by atoms with Crippen molar-refractivity contribution in [3.05, 3.63) is 0 Å². The van der Waals surface area contributed by atoms with E-state index in [1.54, 1.807) is 0 Å². The number of hydrogen-bond donors (Lipinski definition) is 2. The molecule has 0 radical (unpaired) electrons. The van der Waals surface area contributed by atoms with Gasteiger partial charge < -0.3 is 15.4 Å². The number of rotatable bonds is 12. The molecule has 0 aliphatic rings. The molecular formula is C14H28N2O3. The number of nitrogens with one attached hydrogen (secondary N) is 2. The Balaban J connectivity index is 3.18. The summed E-state index contributed by atoms with van der Waals surface area (Å²) in [6.07, 6.45) is 4.91. The average molecular weight is 272 g/mol. The topological polar surface area (TPSA) is 67.4 Å². The molecule has 0 heterocycles. The van der Waals surface area contributed by atoms with Gasteiger partial charge in [-0.25, -0.2) is 0 Å². The molecule has 1 amide bonds.